The Balaban J connectivity index is 2.25. The number of carbonyl (C=O) groups excluding carboxylic acids is 1. The van der Waals surface area contributed by atoms with Gasteiger partial charge in [-0.3, -0.25) is 0 Å². The Kier molecular flexibility index (Phi) is 4.78. The first kappa shape index (κ1) is 16.0. The minimum Gasteiger partial charge on any atom is -0.496 e. The van der Waals surface area contributed by atoms with Crippen LogP contribution in [-0.4, -0.2) is 33.8 Å². The average molecular weight is 326 g/mol. The molecule has 0 bridgehead atoms. The summed E-state index contributed by atoms with van der Waals surface area (Å²) in [6, 6.07) is 5.41. The van der Waals surface area contributed by atoms with Gasteiger partial charge in [0.2, 0.25) is 10.0 Å². The van der Waals surface area contributed by atoms with Gasteiger partial charge in [0.15, 0.2) is 5.76 Å². The molecule has 1 N–H and O–H groups in total. The third-order valence-electron chi connectivity index (χ3n) is 2.82. The lowest BCUT2D eigenvalue weighted by molar-refractivity contribution is 0.0597. The topological polar surface area (TPSA) is 108 Å². The fourth-order valence-electron chi connectivity index (χ4n) is 1.70. The lowest BCUT2D eigenvalue weighted by atomic mass is 10.2. The minimum absolute atomic E-state index is 0.0383. The molecule has 8 nitrogen and oxygen atoms in total. The van der Waals surface area contributed by atoms with Crippen molar-refractivity contribution in [2.24, 2.45) is 0 Å². The summed E-state index contributed by atoms with van der Waals surface area (Å²) < 4.78 is 41.2. The third-order valence-corrected chi connectivity index (χ3v) is 4.22. The van der Waals surface area contributed by atoms with Gasteiger partial charge in [-0.1, -0.05) is 5.16 Å². The second kappa shape index (κ2) is 6.58. The number of nitrogens with one attached hydrogen (secondary N) is 1. The van der Waals surface area contributed by atoms with Crippen molar-refractivity contribution in [2.45, 2.75) is 11.4 Å². The number of methoxy groups -OCH3 is 2. The molecule has 0 aliphatic carbocycles. The molecule has 0 unspecified atom stereocenters. The fourth-order valence-corrected chi connectivity index (χ4v) is 2.71. The molecule has 1 aromatic heterocycles. The Morgan fingerprint density at radius 3 is 2.68 bits per heavy atom. The molecule has 2 aromatic rings. The van der Waals surface area contributed by atoms with Crippen LogP contribution < -0.4 is 9.46 Å². The van der Waals surface area contributed by atoms with E-state index in [4.69, 9.17) is 9.26 Å². The molecule has 0 radical (unpaired) electrons. The quantitative estimate of drug-likeness (QED) is 0.787. The number of hydrogen-bond acceptors (Lipinski definition) is 7. The number of aromatic nitrogens is 1. The van der Waals surface area contributed by atoms with E-state index in [9.17, 15) is 13.2 Å². The lowest BCUT2D eigenvalue weighted by Gasteiger charge is -2.10. The standard InChI is InChI=1S/C13H14N2O6S/c1-19-12-7-10(3-4-11(12)13(16)20-2)22(17,18)15-8-9-5-6-14-21-9/h3-7,15H,8H2,1-2H3. The first-order valence-electron chi connectivity index (χ1n) is 6.13. The van der Waals surface area contributed by atoms with Gasteiger partial charge in [-0.2, -0.15) is 0 Å². The van der Waals surface area contributed by atoms with E-state index in [1.807, 2.05) is 0 Å². The number of ether oxygens (including phenoxy) is 2. The van der Waals surface area contributed by atoms with Crippen molar-refractivity contribution in [1.29, 1.82) is 0 Å². The number of carbonyl (C=O) groups is 1. The van der Waals surface area contributed by atoms with Gasteiger partial charge in [0.05, 0.1) is 31.9 Å². The van der Waals surface area contributed by atoms with Crippen molar-refractivity contribution in [3.8, 4) is 5.75 Å². The molecule has 0 aliphatic heterocycles. The van der Waals surface area contributed by atoms with Crippen LogP contribution in [0.1, 0.15) is 16.1 Å². The number of sulfonamides is 1. The van der Waals surface area contributed by atoms with E-state index < -0.39 is 16.0 Å². The molecule has 1 aromatic carbocycles. The minimum atomic E-state index is -3.79. The maximum Gasteiger partial charge on any atom is 0.341 e. The number of esters is 1. The maximum absolute atomic E-state index is 12.2. The summed E-state index contributed by atoms with van der Waals surface area (Å²) in [5.41, 5.74) is 0.138. The van der Waals surface area contributed by atoms with Crippen molar-refractivity contribution in [3.05, 3.63) is 41.8 Å². The van der Waals surface area contributed by atoms with E-state index in [2.05, 4.69) is 14.6 Å². The molecule has 1 heterocycles. The zero-order chi connectivity index (χ0) is 16.2. The predicted molar refractivity (Wildman–Crippen MR) is 74.9 cm³/mol. The molecule has 0 amide bonds. The number of rotatable bonds is 6. The van der Waals surface area contributed by atoms with Crippen LogP contribution >= 0.6 is 0 Å². The van der Waals surface area contributed by atoms with E-state index in [1.54, 1.807) is 6.07 Å². The molecule has 0 saturated heterocycles. The van der Waals surface area contributed by atoms with E-state index in [0.29, 0.717) is 5.76 Å². The Hall–Kier alpha value is -2.39. The van der Waals surface area contributed by atoms with E-state index in [-0.39, 0.29) is 22.8 Å². The van der Waals surface area contributed by atoms with Crippen molar-refractivity contribution in [2.75, 3.05) is 14.2 Å². The largest absolute Gasteiger partial charge is 0.496 e. The summed E-state index contributed by atoms with van der Waals surface area (Å²) in [7, 11) is -1.23. The Labute approximate surface area is 127 Å². The average Bonchev–Trinajstić information content (AvgIpc) is 3.05. The smallest absolute Gasteiger partial charge is 0.341 e. The predicted octanol–water partition coefficient (Wildman–Crippen LogP) is 0.948. The molecule has 0 atom stereocenters. The van der Waals surface area contributed by atoms with Crippen LogP contribution in [0.5, 0.6) is 5.75 Å². The van der Waals surface area contributed by atoms with Crippen LogP contribution in [0.3, 0.4) is 0 Å². The van der Waals surface area contributed by atoms with Gasteiger partial charge in [-0.05, 0) is 12.1 Å². The molecule has 22 heavy (non-hydrogen) atoms. The Morgan fingerprint density at radius 1 is 1.32 bits per heavy atom. The van der Waals surface area contributed by atoms with Crippen LogP contribution in [0, 0.1) is 0 Å². The lowest BCUT2D eigenvalue weighted by Crippen LogP contribution is -2.23. The van der Waals surface area contributed by atoms with Gasteiger partial charge in [0.1, 0.15) is 11.3 Å². The molecular formula is C13H14N2O6S. The third kappa shape index (κ3) is 3.43. The summed E-state index contributed by atoms with van der Waals surface area (Å²) in [4.78, 5) is 11.5. The van der Waals surface area contributed by atoms with E-state index in [0.717, 1.165) is 0 Å². The van der Waals surface area contributed by atoms with Crippen LogP contribution in [0.2, 0.25) is 0 Å². The summed E-state index contributed by atoms with van der Waals surface area (Å²) >= 11 is 0. The highest BCUT2D eigenvalue weighted by molar-refractivity contribution is 7.89. The van der Waals surface area contributed by atoms with Crippen molar-refractivity contribution in [3.63, 3.8) is 0 Å². The summed E-state index contributed by atoms with van der Waals surface area (Å²) in [6.07, 6.45) is 1.41. The number of hydrogen-bond donors (Lipinski definition) is 1. The normalized spacial score (nSPS) is 11.2. The summed E-state index contributed by atoms with van der Waals surface area (Å²) in [5, 5.41) is 3.48. The van der Waals surface area contributed by atoms with Crippen LogP contribution in [0.4, 0.5) is 0 Å². The molecule has 0 fully saturated rings. The molecule has 118 valence electrons. The molecule has 0 spiro atoms. The highest BCUT2D eigenvalue weighted by Gasteiger charge is 2.20. The van der Waals surface area contributed by atoms with Gasteiger partial charge >= 0.3 is 5.97 Å². The highest BCUT2D eigenvalue weighted by Crippen LogP contribution is 2.23. The second-order valence-electron chi connectivity index (χ2n) is 4.16. The number of nitrogens with zero attached hydrogens (tertiary/aromatic N) is 1. The fraction of sp³-hybridized carbons (Fsp3) is 0.231. The van der Waals surface area contributed by atoms with Crippen molar-refractivity contribution >= 4 is 16.0 Å². The van der Waals surface area contributed by atoms with Crippen LogP contribution in [0.15, 0.2) is 39.9 Å². The van der Waals surface area contributed by atoms with Gasteiger partial charge in [-0.25, -0.2) is 17.9 Å². The van der Waals surface area contributed by atoms with Crippen LogP contribution in [-0.2, 0) is 21.3 Å². The van der Waals surface area contributed by atoms with E-state index in [1.165, 1.54) is 38.6 Å². The molecular weight excluding hydrogens is 312 g/mol. The first-order chi connectivity index (χ1) is 10.5. The van der Waals surface area contributed by atoms with Gasteiger partial charge in [0.25, 0.3) is 0 Å². The van der Waals surface area contributed by atoms with Crippen LogP contribution in [0.25, 0.3) is 0 Å². The Morgan fingerprint density at radius 2 is 2.09 bits per heavy atom. The van der Waals surface area contributed by atoms with Gasteiger partial charge < -0.3 is 14.0 Å². The molecule has 9 heteroatoms. The van der Waals surface area contributed by atoms with Crippen molar-refractivity contribution in [1.82, 2.24) is 9.88 Å². The molecule has 0 saturated carbocycles. The zero-order valence-electron chi connectivity index (χ0n) is 11.9. The summed E-state index contributed by atoms with van der Waals surface area (Å²) in [5.74, 6) is -0.133. The zero-order valence-corrected chi connectivity index (χ0v) is 12.7. The SMILES string of the molecule is COC(=O)c1ccc(S(=O)(=O)NCc2ccno2)cc1OC. The van der Waals surface area contributed by atoms with Crippen molar-refractivity contribution < 1.29 is 27.2 Å². The van der Waals surface area contributed by atoms with Gasteiger partial charge in [-0.15, -0.1) is 0 Å². The molecule has 0 aliphatic rings. The monoisotopic (exact) mass is 326 g/mol. The molecule has 2 rings (SSSR count). The highest BCUT2D eigenvalue weighted by atomic mass is 32.2. The Bertz CT molecular complexity index is 755. The van der Waals surface area contributed by atoms with Gasteiger partial charge in [0, 0.05) is 12.1 Å². The maximum atomic E-state index is 12.2. The second-order valence-corrected chi connectivity index (χ2v) is 5.92. The number of benzene rings is 1. The van der Waals surface area contributed by atoms with E-state index >= 15 is 0 Å². The summed E-state index contributed by atoms with van der Waals surface area (Å²) in [6.45, 7) is -0.0383. The first-order valence-corrected chi connectivity index (χ1v) is 7.62.